The van der Waals surface area contributed by atoms with E-state index in [1.165, 1.54) is 24.3 Å². The van der Waals surface area contributed by atoms with E-state index in [-0.39, 0.29) is 29.7 Å². The average molecular weight is 343 g/mol. The lowest BCUT2D eigenvalue weighted by Crippen LogP contribution is -2.44. The Balaban J connectivity index is 1.94. The van der Waals surface area contributed by atoms with Gasteiger partial charge in [-0.1, -0.05) is 6.92 Å². The van der Waals surface area contributed by atoms with Gasteiger partial charge in [0, 0.05) is 16.7 Å². The Morgan fingerprint density at radius 2 is 1.52 bits per heavy atom. The Hall–Kier alpha value is -2.69. The highest BCUT2D eigenvalue weighted by molar-refractivity contribution is 6.09. The second-order valence-electron chi connectivity index (χ2n) is 6.43. The Kier molecular flexibility index (Phi) is 5.91. The summed E-state index contributed by atoms with van der Waals surface area (Å²) in [6.45, 7) is 5.80. The van der Waals surface area contributed by atoms with Gasteiger partial charge in [-0.15, -0.1) is 0 Å². The molecule has 0 saturated heterocycles. The third-order valence-electron chi connectivity index (χ3n) is 3.95. The van der Waals surface area contributed by atoms with Gasteiger partial charge in [-0.25, -0.2) is 4.39 Å². The number of rotatable bonds is 7. The number of halogens is 1. The number of ether oxygens (including phenoxy) is 1. The van der Waals surface area contributed by atoms with Gasteiger partial charge < -0.3 is 10.1 Å². The first-order valence-corrected chi connectivity index (χ1v) is 8.15. The maximum absolute atomic E-state index is 12.9. The first-order valence-electron chi connectivity index (χ1n) is 8.15. The lowest BCUT2D eigenvalue weighted by molar-refractivity contribution is -0.124. The van der Waals surface area contributed by atoms with Crippen molar-refractivity contribution in [2.75, 3.05) is 6.61 Å². The van der Waals surface area contributed by atoms with Crippen LogP contribution >= 0.6 is 0 Å². The second-order valence-corrected chi connectivity index (χ2v) is 6.43. The number of benzene rings is 2. The molecular weight excluding hydrogens is 321 g/mol. The van der Waals surface area contributed by atoms with Crippen LogP contribution in [0.2, 0.25) is 0 Å². The minimum Gasteiger partial charge on any atom is -0.484 e. The highest BCUT2D eigenvalue weighted by atomic mass is 19.1. The van der Waals surface area contributed by atoms with Gasteiger partial charge in [0.25, 0.3) is 5.91 Å². The van der Waals surface area contributed by atoms with Crippen LogP contribution in [0, 0.1) is 5.82 Å². The van der Waals surface area contributed by atoms with E-state index in [1.54, 1.807) is 24.3 Å². The summed E-state index contributed by atoms with van der Waals surface area (Å²) in [7, 11) is 0. The average Bonchev–Trinajstić information content (AvgIpc) is 2.60. The van der Waals surface area contributed by atoms with Crippen molar-refractivity contribution in [2.45, 2.75) is 32.7 Å². The van der Waals surface area contributed by atoms with Gasteiger partial charge in [0.05, 0.1) is 0 Å². The highest BCUT2D eigenvalue weighted by Gasteiger charge is 2.18. The first kappa shape index (κ1) is 18.6. The maximum Gasteiger partial charge on any atom is 0.258 e. The summed E-state index contributed by atoms with van der Waals surface area (Å²) in [4.78, 5) is 24.2. The second kappa shape index (κ2) is 7.92. The molecule has 0 aliphatic heterocycles. The van der Waals surface area contributed by atoms with Gasteiger partial charge in [-0.05, 0) is 68.8 Å². The Morgan fingerprint density at radius 3 is 2.04 bits per heavy atom. The topological polar surface area (TPSA) is 55.4 Å². The molecule has 5 heteroatoms. The molecule has 4 nitrogen and oxygen atoms in total. The number of carbonyl (C=O) groups is 2. The molecule has 2 aromatic carbocycles. The van der Waals surface area contributed by atoms with Gasteiger partial charge in [-0.3, -0.25) is 9.59 Å². The molecule has 0 aromatic heterocycles. The van der Waals surface area contributed by atoms with Crippen LogP contribution in [0.25, 0.3) is 0 Å². The Bertz CT molecular complexity index is 737. The maximum atomic E-state index is 12.9. The molecule has 25 heavy (non-hydrogen) atoms. The largest absolute Gasteiger partial charge is 0.484 e. The number of hydrogen-bond donors (Lipinski definition) is 1. The van der Waals surface area contributed by atoms with Crippen molar-refractivity contribution in [3.8, 4) is 5.75 Å². The third kappa shape index (κ3) is 5.41. The quantitative estimate of drug-likeness (QED) is 0.779. The zero-order chi connectivity index (χ0) is 18.4. The van der Waals surface area contributed by atoms with E-state index >= 15 is 0 Å². The first-order chi connectivity index (χ1) is 11.8. The van der Waals surface area contributed by atoms with E-state index in [1.807, 2.05) is 20.8 Å². The predicted molar refractivity (Wildman–Crippen MR) is 94.3 cm³/mol. The number of carbonyl (C=O) groups excluding carboxylic acids is 2. The molecule has 0 unspecified atom stereocenters. The summed E-state index contributed by atoms with van der Waals surface area (Å²) in [5.74, 6) is -0.280. The SMILES string of the molecule is CCC(C)(C)NC(=O)COc1ccc(C(=O)c2ccc(F)cc2)cc1. The normalized spacial score (nSPS) is 11.0. The highest BCUT2D eigenvalue weighted by Crippen LogP contribution is 2.16. The fourth-order valence-corrected chi connectivity index (χ4v) is 2.12. The molecular formula is C20H22FNO3. The monoisotopic (exact) mass is 343 g/mol. The third-order valence-corrected chi connectivity index (χ3v) is 3.95. The number of nitrogens with one attached hydrogen (secondary N) is 1. The summed E-state index contributed by atoms with van der Waals surface area (Å²) in [6, 6.07) is 11.9. The van der Waals surface area contributed by atoms with Crippen LogP contribution in [0.15, 0.2) is 48.5 Å². The number of hydrogen-bond acceptors (Lipinski definition) is 3. The van der Waals surface area contributed by atoms with Crippen molar-refractivity contribution in [3.63, 3.8) is 0 Å². The fourth-order valence-electron chi connectivity index (χ4n) is 2.12. The van der Waals surface area contributed by atoms with Crippen LogP contribution in [0.5, 0.6) is 5.75 Å². The zero-order valence-electron chi connectivity index (χ0n) is 14.6. The van der Waals surface area contributed by atoms with Crippen molar-refractivity contribution < 1.29 is 18.7 Å². The van der Waals surface area contributed by atoms with Crippen LogP contribution in [0.4, 0.5) is 4.39 Å². The molecule has 0 saturated carbocycles. The van der Waals surface area contributed by atoms with Crippen LogP contribution in [-0.4, -0.2) is 23.8 Å². The van der Waals surface area contributed by atoms with Crippen molar-refractivity contribution >= 4 is 11.7 Å². The zero-order valence-corrected chi connectivity index (χ0v) is 14.6. The van der Waals surface area contributed by atoms with Gasteiger partial charge in [0.1, 0.15) is 11.6 Å². The molecule has 0 bridgehead atoms. The van der Waals surface area contributed by atoms with E-state index < -0.39 is 0 Å². The molecule has 1 N–H and O–H groups in total. The number of amides is 1. The molecule has 2 rings (SSSR count). The summed E-state index contributed by atoms with van der Waals surface area (Å²) < 4.78 is 18.4. The van der Waals surface area contributed by atoms with E-state index in [0.717, 1.165) is 6.42 Å². The summed E-state index contributed by atoms with van der Waals surface area (Å²) >= 11 is 0. The summed E-state index contributed by atoms with van der Waals surface area (Å²) in [6.07, 6.45) is 0.818. The van der Waals surface area contributed by atoms with Gasteiger partial charge in [0.2, 0.25) is 0 Å². The van der Waals surface area contributed by atoms with E-state index in [0.29, 0.717) is 16.9 Å². The van der Waals surface area contributed by atoms with Gasteiger partial charge in [-0.2, -0.15) is 0 Å². The summed E-state index contributed by atoms with van der Waals surface area (Å²) in [5, 5.41) is 2.88. The molecule has 1 amide bonds. The van der Waals surface area contributed by atoms with Crippen molar-refractivity contribution in [3.05, 3.63) is 65.5 Å². The van der Waals surface area contributed by atoms with E-state index in [4.69, 9.17) is 4.74 Å². The van der Waals surface area contributed by atoms with Gasteiger partial charge in [0.15, 0.2) is 12.4 Å². The fraction of sp³-hybridized carbons (Fsp3) is 0.300. The van der Waals surface area contributed by atoms with Gasteiger partial charge >= 0.3 is 0 Å². The van der Waals surface area contributed by atoms with Crippen LogP contribution < -0.4 is 10.1 Å². The molecule has 0 aliphatic rings. The van der Waals surface area contributed by atoms with Crippen LogP contribution in [-0.2, 0) is 4.79 Å². The molecule has 0 fully saturated rings. The minimum atomic E-state index is -0.384. The Labute approximate surface area is 147 Å². The van der Waals surface area contributed by atoms with Crippen LogP contribution in [0.1, 0.15) is 43.1 Å². The van der Waals surface area contributed by atoms with Crippen molar-refractivity contribution in [2.24, 2.45) is 0 Å². The lowest BCUT2D eigenvalue weighted by Gasteiger charge is -2.24. The lowest BCUT2D eigenvalue weighted by atomic mass is 10.0. The van der Waals surface area contributed by atoms with E-state index in [9.17, 15) is 14.0 Å². The Morgan fingerprint density at radius 1 is 1.00 bits per heavy atom. The molecule has 0 aliphatic carbocycles. The molecule has 2 aromatic rings. The molecule has 0 radical (unpaired) electrons. The molecule has 132 valence electrons. The van der Waals surface area contributed by atoms with E-state index in [2.05, 4.69) is 5.32 Å². The molecule has 0 atom stereocenters. The van der Waals surface area contributed by atoms with Crippen molar-refractivity contribution in [1.29, 1.82) is 0 Å². The predicted octanol–water partition coefficient (Wildman–Crippen LogP) is 3.74. The van der Waals surface area contributed by atoms with Crippen molar-refractivity contribution in [1.82, 2.24) is 5.32 Å². The minimum absolute atomic E-state index is 0.0886. The standard InChI is InChI=1S/C20H22FNO3/c1-4-20(2,3)22-18(23)13-25-17-11-7-15(8-12-17)19(24)14-5-9-16(21)10-6-14/h5-12H,4,13H2,1-3H3,(H,22,23). The smallest absolute Gasteiger partial charge is 0.258 e. The number of ketones is 1. The molecule has 0 spiro atoms. The molecule has 0 heterocycles. The summed E-state index contributed by atoms with van der Waals surface area (Å²) in [5.41, 5.74) is 0.609. The van der Waals surface area contributed by atoms with Crippen LogP contribution in [0.3, 0.4) is 0 Å².